The van der Waals surface area contributed by atoms with Crippen LogP contribution in [0.2, 0.25) is 0 Å². The highest BCUT2D eigenvalue weighted by Gasteiger charge is 2.27. The quantitative estimate of drug-likeness (QED) is 0.197. The first-order valence-electron chi connectivity index (χ1n) is 16.3. The van der Waals surface area contributed by atoms with Crippen LogP contribution in [-0.2, 0) is 24.4 Å². The van der Waals surface area contributed by atoms with Crippen molar-refractivity contribution in [3.05, 3.63) is 89.3 Å². The number of ether oxygens (including phenoxy) is 2. The summed E-state index contributed by atoms with van der Waals surface area (Å²) in [7, 11) is 0. The molecule has 1 saturated carbocycles. The molecule has 1 aliphatic carbocycles. The second-order valence-corrected chi connectivity index (χ2v) is 12.8. The Bertz CT molecular complexity index is 1920. The maximum Gasteiger partial charge on any atom is 0.335 e. The van der Waals surface area contributed by atoms with Crippen molar-refractivity contribution in [2.24, 2.45) is 0 Å². The second-order valence-electron chi connectivity index (χ2n) is 12.8. The SMILES string of the molecule is O=C(O)c1ccc2nc(CN3CCC(c4cccc(OCc5ccc(-c6cn(C7CC7)nn6)cc5F)n4)CC3)n(C[C@@H]3CCO3)c2c1. The molecule has 2 aliphatic heterocycles. The van der Waals surface area contributed by atoms with Crippen LogP contribution in [0.1, 0.15) is 71.5 Å². The zero-order valence-corrected chi connectivity index (χ0v) is 26.0. The number of pyridine rings is 1. The summed E-state index contributed by atoms with van der Waals surface area (Å²) in [5.74, 6) is 0.403. The first-order valence-corrected chi connectivity index (χ1v) is 16.3. The molecule has 0 unspecified atom stereocenters. The Morgan fingerprint density at radius 3 is 2.62 bits per heavy atom. The summed E-state index contributed by atoms with van der Waals surface area (Å²) >= 11 is 0. The molecule has 12 heteroatoms. The fraction of sp³-hybridized carbons (Fsp3) is 0.400. The Morgan fingerprint density at radius 1 is 1.02 bits per heavy atom. The van der Waals surface area contributed by atoms with E-state index in [1.165, 1.54) is 6.07 Å². The van der Waals surface area contributed by atoms with Crippen LogP contribution in [0, 0.1) is 5.82 Å². The number of halogens is 1. The standard InChI is InChI=1S/C35H36FN7O4/c36-28-16-23(31-19-43(40-39-31)26-7-8-26)4-5-25(28)21-47-34-3-1-2-29(38-34)22-10-13-41(14-11-22)20-33-37-30-9-6-24(35(44)45)17-32(30)42(33)18-27-12-15-46-27/h1-6,9,16-17,19,22,26-27H,7-8,10-15,18,20-21H2,(H,44,45)/t27-/m0/s1. The van der Waals surface area contributed by atoms with Gasteiger partial charge in [0.25, 0.3) is 0 Å². The number of carboxylic acid groups (broad SMARTS) is 1. The van der Waals surface area contributed by atoms with Crippen molar-refractivity contribution in [1.29, 1.82) is 0 Å². The van der Waals surface area contributed by atoms with E-state index in [9.17, 15) is 9.90 Å². The minimum absolute atomic E-state index is 0.0800. The lowest BCUT2D eigenvalue weighted by Gasteiger charge is -2.32. The third-order valence-electron chi connectivity index (χ3n) is 9.53. The van der Waals surface area contributed by atoms with Gasteiger partial charge in [0.2, 0.25) is 5.88 Å². The fourth-order valence-electron chi connectivity index (χ4n) is 6.49. The summed E-state index contributed by atoms with van der Waals surface area (Å²) in [5, 5.41) is 17.9. The summed E-state index contributed by atoms with van der Waals surface area (Å²) in [6, 6.07) is 16.4. The maximum absolute atomic E-state index is 15.0. The Morgan fingerprint density at radius 2 is 1.87 bits per heavy atom. The monoisotopic (exact) mass is 637 g/mol. The average molecular weight is 638 g/mol. The number of hydrogen-bond donors (Lipinski definition) is 1. The molecule has 2 aromatic carbocycles. The van der Waals surface area contributed by atoms with Gasteiger partial charge < -0.3 is 19.1 Å². The number of carboxylic acids is 1. The Balaban J connectivity index is 0.892. The van der Waals surface area contributed by atoms with Gasteiger partial charge in [-0.15, -0.1) is 5.10 Å². The van der Waals surface area contributed by atoms with Gasteiger partial charge in [0.1, 0.15) is 23.9 Å². The van der Waals surface area contributed by atoms with Crippen LogP contribution in [0.3, 0.4) is 0 Å². The van der Waals surface area contributed by atoms with Crippen molar-refractivity contribution < 1.29 is 23.8 Å². The molecule has 3 fully saturated rings. The maximum atomic E-state index is 15.0. The van der Waals surface area contributed by atoms with E-state index in [-0.39, 0.29) is 30.0 Å². The van der Waals surface area contributed by atoms with Gasteiger partial charge in [-0.05, 0) is 75.5 Å². The summed E-state index contributed by atoms with van der Waals surface area (Å²) < 4.78 is 30.7. The molecule has 0 bridgehead atoms. The molecule has 5 heterocycles. The van der Waals surface area contributed by atoms with Gasteiger partial charge in [0, 0.05) is 35.4 Å². The average Bonchev–Trinajstić information content (AvgIpc) is 3.69. The van der Waals surface area contributed by atoms with Crippen LogP contribution < -0.4 is 4.74 Å². The number of aromatic carboxylic acids is 1. The third kappa shape index (κ3) is 6.35. The van der Waals surface area contributed by atoms with Crippen molar-refractivity contribution in [2.45, 2.75) is 69.9 Å². The topological polar surface area (TPSA) is 120 Å². The van der Waals surface area contributed by atoms with Gasteiger partial charge in [-0.25, -0.2) is 23.8 Å². The third-order valence-corrected chi connectivity index (χ3v) is 9.53. The van der Waals surface area contributed by atoms with Crippen LogP contribution in [0.25, 0.3) is 22.3 Å². The van der Waals surface area contributed by atoms with Gasteiger partial charge >= 0.3 is 5.97 Å². The number of nitrogens with zero attached hydrogens (tertiary/aromatic N) is 7. The number of likely N-dealkylation sites (tertiary alicyclic amines) is 1. The summed E-state index contributed by atoms with van der Waals surface area (Å²) in [5.41, 5.74) is 4.69. The fourth-order valence-corrected chi connectivity index (χ4v) is 6.49. The number of carbonyl (C=O) groups is 1. The van der Waals surface area contributed by atoms with Crippen molar-refractivity contribution in [2.75, 3.05) is 19.7 Å². The van der Waals surface area contributed by atoms with Gasteiger partial charge in [0.15, 0.2) is 0 Å². The van der Waals surface area contributed by atoms with Crippen LogP contribution >= 0.6 is 0 Å². The largest absolute Gasteiger partial charge is 0.478 e. The molecular formula is C35H36FN7O4. The van der Waals surface area contributed by atoms with Gasteiger partial charge in [-0.2, -0.15) is 0 Å². The van der Waals surface area contributed by atoms with E-state index in [0.717, 1.165) is 74.4 Å². The molecule has 0 amide bonds. The van der Waals surface area contributed by atoms with Gasteiger partial charge in [-0.3, -0.25) is 4.90 Å². The van der Waals surface area contributed by atoms with Crippen LogP contribution in [0.15, 0.2) is 60.8 Å². The molecule has 242 valence electrons. The predicted molar refractivity (Wildman–Crippen MR) is 171 cm³/mol. The first kappa shape index (κ1) is 29.7. The van der Waals surface area contributed by atoms with Crippen molar-refractivity contribution in [3.63, 3.8) is 0 Å². The lowest BCUT2D eigenvalue weighted by Crippen LogP contribution is -2.35. The zero-order chi connectivity index (χ0) is 31.9. The molecule has 47 heavy (non-hydrogen) atoms. The highest BCUT2D eigenvalue weighted by atomic mass is 19.1. The van der Waals surface area contributed by atoms with Crippen molar-refractivity contribution in [3.8, 4) is 17.1 Å². The Hall–Kier alpha value is -4.68. The van der Waals surface area contributed by atoms with E-state index in [0.29, 0.717) is 41.8 Å². The highest BCUT2D eigenvalue weighted by Crippen LogP contribution is 2.35. The predicted octanol–water partition coefficient (Wildman–Crippen LogP) is 5.61. The minimum Gasteiger partial charge on any atom is -0.478 e. The number of piperidine rings is 1. The van der Waals surface area contributed by atoms with Crippen LogP contribution in [0.4, 0.5) is 4.39 Å². The number of imidazole rings is 1. The molecule has 1 atom stereocenters. The van der Waals surface area contributed by atoms with E-state index in [1.54, 1.807) is 24.3 Å². The number of rotatable bonds is 11. The molecular weight excluding hydrogens is 601 g/mol. The highest BCUT2D eigenvalue weighted by molar-refractivity contribution is 5.92. The first-order chi connectivity index (χ1) is 23.0. The number of fused-ring (bicyclic) bond motifs is 1. The summed E-state index contributed by atoms with van der Waals surface area (Å²) in [6.07, 6.45) is 7.10. The lowest BCUT2D eigenvalue weighted by molar-refractivity contribution is -0.0592. The molecule has 1 N–H and O–H groups in total. The van der Waals surface area contributed by atoms with E-state index in [1.807, 2.05) is 35.1 Å². The molecule has 8 rings (SSSR count). The number of benzene rings is 2. The van der Waals surface area contributed by atoms with E-state index in [4.69, 9.17) is 19.4 Å². The van der Waals surface area contributed by atoms with E-state index in [2.05, 4.69) is 19.8 Å². The van der Waals surface area contributed by atoms with Gasteiger partial charge in [0.05, 0.1) is 48.0 Å². The van der Waals surface area contributed by atoms with Crippen molar-refractivity contribution >= 4 is 17.0 Å². The van der Waals surface area contributed by atoms with Crippen LogP contribution in [0.5, 0.6) is 5.88 Å². The minimum atomic E-state index is -0.946. The van der Waals surface area contributed by atoms with E-state index >= 15 is 4.39 Å². The number of hydrogen-bond acceptors (Lipinski definition) is 8. The molecule has 5 aromatic rings. The molecule has 3 aliphatic rings. The summed E-state index contributed by atoms with van der Waals surface area (Å²) in [6.45, 7) is 3.95. The Labute approximate surface area is 271 Å². The van der Waals surface area contributed by atoms with Gasteiger partial charge in [-0.1, -0.05) is 23.4 Å². The van der Waals surface area contributed by atoms with E-state index < -0.39 is 5.97 Å². The summed E-state index contributed by atoms with van der Waals surface area (Å²) in [4.78, 5) is 23.7. The smallest absolute Gasteiger partial charge is 0.335 e. The number of aromatic nitrogens is 6. The zero-order valence-electron chi connectivity index (χ0n) is 26.0. The molecule has 3 aromatic heterocycles. The molecule has 0 spiro atoms. The molecule has 0 radical (unpaired) electrons. The normalized spacial score (nSPS) is 18.8. The lowest BCUT2D eigenvalue weighted by atomic mass is 9.93. The second kappa shape index (κ2) is 12.5. The molecule has 2 saturated heterocycles. The molecule has 11 nitrogen and oxygen atoms in total. The van der Waals surface area contributed by atoms with Crippen molar-refractivity contribution in [1.82, 2.24) is 34.4 Å². The van der Waals surface area contributed by atoms with Crippen LogP contribution in [-0.4, -0.2) is 71.3 Å². The Kier molecular flexibility index (Phi) is 7.90.